The highest BCUT2D eigenvalue weighted by Crippen LogP contribution is 2.29. The van der Waals surface area contributed by atoms with E-state index in [0.29, 0.717) is 17.4 Å². The van der Waals surface area contributed by atoms with Gasteiger partial charge in [-0.05, 0) is 61.6 Å². The molecule has 0 radical (unpaired) electrons. The third-order valence-electron chi connectivity index (χ3n) is 5.03. The number of benzene rings is 2. The van der Waals surface area contributed by atoms with Crippen LogP contribution in [0.2, 0.25) is 0 Å². The second-order valence-electron chi connectivity index (χ2n) is 7.13. The number of nitrogens with one attached hydrogen (secondary N) is 2. The number of ether oxygens (including phenoxy) is 1. The molecule has 1 fully saturated rings. The Morgan fingerprint density at radius 2 is 1.90 bits per heavy atom. The van der Waals surface area contributed by atoms with Gasteiger partial charge in [-0.15, -0.1) is 0 Å². The van der Waals surface area contributed by atoms with E-state index in [1.165, 1.54) is 19.2 Å². The molecule has 0 amide bonds. The normalized spacial score (nSPS) is 18.1. The number of nitrogens with zero attached hydrogens (tertiary/aromatic N) is 2. The fourth-order valence-corrected chi connectivity index (χ4v) is 4.34. The second kappa shape index (κ2) is 9.12. The fourth-order valence-electron chi connectivity index (χ4n) is 3.27. The average Bonchev–Trinajstić information content (AvgIpc) is 2.73. The van der Waals surface area contributed by atoms with E-state index in [4.69, 9.17) is 4.74 Å². The van der Waals surface area contributed by atoms with Gasteiger partial charge in [-0.3, -0.25) is 20.3 Å². The maximum absolute atomic E-state index is 12.7. The number of nitro groups is 1. The predicted octanol–water partition coefficient (Wildman–Crippen LogP) is 4.38. The summed E-state index contributed by atoms with van der Waals surface area (Å²) in [5, 5.41) is 15.9. The molecule has 0 spiro atoms. The molecule has 2 N–H and O–H groups in total. The average molecular weight is 433 g/mol. The van der Waals surface area contributed by atoms with Gasteiger partial charge in [0.25, 0.3) is 15.7 Å². The van der Waals surface area contributed by atoms with Gasteiger partial charge in [-0.1, -0.05) is 13.3 Å². The lowest BCUT2D eigenvalue weighted by Gasteiger charge is -2.20. The summed E-state index contributed by atoms with van der Waals surface area (Å²) in [7, 11) is -2.50. The largest absolute Gasteiger partial charge is 0.497 e. The predicted molar refractivity (Wildman–Crippen MR) is 116 cm³/mol. The first kappa shape index (κ1) is 21.6. The van der Waals surface area contributed by atoms with Crippen molar-refractivity contribution in [3.8, 4) is 5.75 Å². The zero-order chi connectivity index (χ0) is 21.7. The van der Waals surface area contributed by atoms with Crippen LogP contribution < -0.4 is 14.9 Å². The molecule has 1 aliphatic rings. The summed E-state index contributed by atoms with van der Waals surface area (Å²) in [4.78, 5) is 10.7. The Hall–Kier alpha value is -3.14. The first-order valence-corrected chi connectivity index (χ1v) is 11.1. The molecule has 0 bridgehead atoms. The zero-order valence-corrected chi connectivity index (χ0v) is 17.6. The summed E-state index contributed by atoms with van der Waals surface area (Å²) in [5.41, 5.74) is 3.82. The standard InChI is InChI=1S/C20H24N4O5S/c1-14-5-3-4-6-18(14)21-22-19-12-11-17(13-20(19)24(25)26)30(27,28)23-15-7-9-16(29-2)10-8-15/h7-14,22-23H,3-6H2,1-2H3. The second-order valence-corrected chi connectivity index (χ2v) is 8.81. The molecule has 10 heteroatoms. The maximum atomic E-state index is 12.7. The van der Waals surface area contributed by atoms with Gasteiger partial charge in [0.1, 0.15) is 11.4 Å². The molecule has 3 rings (SSSR count). The van der Waals surface area contributed by atoms with Gasteiger partial charge in [0.05, 0.1) is 16.9 Å². The molecule has 9 nitrogen and oxygen atoms in total. The van der Waals surface area contributed by atoms with Crippen LogP contribution in [0.1, 0.15) is 32.6 Å². The summed E-state index contributed by atoms with van der Waals surface area (Å²) in [6.07, 6.45) is 4.08. The van der Waals surface area contributed by atoms with Crippen molar-refractivity contribution >= 4 is 32.8 Å². The molecule has 0 saturated heterocycles. The van der Waals surface area contributed by atoms with Crippen molar-refractivity contribution in [1.29, 1.82) is 0 Å². The van der Waals surface area contributed by atoms with E-state index < -0.39 is 14.9 Å². The Balaban J connectivity index is 1.84. The summed E-state index contributed by atoms with van der Waals surface area (Å²) in [6.45, 7) is 2.08. The minimum absolute atomic E-state index is 0.147. The Morgan fingerprint density at radius 1 is 1.17 bits per heavy atom. The molecule has 1 atom stereocenters. The highest BCUT2D eigenvalue weighted by Gasteiger charge is 2.22. The quantitative estimate of drug-likeness (QED) is 0.494. The van der Waals surface area contributed by atoms with Crippen molar-refractivity contribution in [2.75, 3.05) is 17.3 Å². The molecule has 2 aromatic carbocycles. The van der Waals surface area contributed by atoms with Crippen LogP contribution in [-0.2, 0) is 10.0 Å². The minimum atomic E-state index is -4.01. The van der Waals surface area contributed by atoms with Crippen molar-refractivity contribution < 1.29 is 18.1 Å². The molecular formula is C20H24N4O5S. The topological polar surface area (TPSA) is 123 Å². The molecule has 2 aromatic rings. The highest BCUT2D eigenvalue weighted by molar-refractivity contribution is 7.92. The Labute approximate surface area is 175 Å². The number of methoxy groups -OCH3 is 1. The van der Waals surface area contributed by atoms with Crippen LogP contribution in [0.3, 0.4) is 0 Å². The summed E-state index contributed by atoms with van der Waals surface area (Å²) < 4.78 is 32.8. The van der Waals surface area contributed by atoms with E-state index in [1.807, 2.05) is 0 Å². The lowest BCUT2D eigenvalue weighted by molar-refractivity contribution is -0.384. The molecule has 30 heavy (non-hydrogen) atoms. The highest BCUT2D eigenvalue weighted by atomic mass is 32.2. The van der Waals surface area contributed by atoms with Gasteiger partial charge in [-0.25, -0.2) is 8.42 Å². The summed E-state index contributed by atoms with van der Waals surface area (Å²) >= 11 is 0. The van der Waals surface area contributed by atoms with Gasteiger partial charge < -0.3 is 4.74 Å². The van der Waals surface area contributed by atoms with E-state index in [-0.39, 0.29) is 16.3 Å². The van der Waals surface area contributed by atoms with E-state index in [1.54, 1.807) is 24.3 Å². The molecule has 0 aliphatic heterocycles. The Bertz CT molecular complexity index is 1050. The van der Waals surface area contributed by atoms with Crippen LogP contribution in [0.15, 0.2) is 52.5 Å². The van der Waals surface area contributed by atoms with Gasteiger partial charge in [-0.2, -0.15) is 5.10 Å². The molecule has 1 saturated carbocycles. The van der Waals surface area contributed by atoms with Crippen molar-refractivity contribution in [3.05, 3.63) is 52.6 Å². The van der Waals surface area contributed by atoms with Crippen LogP contribution in [0.5, 0.6) is 5.75 Å². The minimum Gasteiger partial charge on any atom is -0.497 e. The number of hydrogen-bond acceptors (Lipinski definition) is 7. The number of sulfonamides is 1. The molecule has 0 heterocycles. The zero-order valence-electron chi connectivity index (χ0n) is 16.8. The summed E-state index contributed by atoms with van der Waals surface area (Å²) in [6, 6.07) is 10.0. The van der Waals surface area contributed by atoms with Crippen LogP contribution in [0.25, 0.3) is 0 Å². The first-order valence-electron chi connectivity index (χ1n) is 9.58. The molecular weight excluding hydrogens is 408 g/mol. The van der Waals surface area contributed by atoms with Gasteiger partial charge >= 0.3 is 0 Å². The van der Waals surface area contributed by atoms with Crippen LogP contribution in [-0.4, -0.2) is 26.2 Å². The van der Waals surface area contributed by atoms with Gasteiger partial charge in [0.2, 0.25) is 0 Å². The van der Waals surface area contributed by atoms with Gasteiger partial charge in [0.15, 0.2) is 0 Å². The molecule has 160 valence electrons. The SMILES string of the molecule is COc1ccc(NS(=O)(=O)c2ccc(NN=C3CCCCC3C)c([N+](=O)[O-])c2)cc1. The fraction of sp³-hybridized carbons (Fsp3) is 0.350. The third kappa shape index (κ3) is 5.07. The van der Waals surface area contributed by atoms with Gasteiger partial charge in [0, 0.05) is 17.5 Å². The van der Waals surface area contributed by atoms with E-state index in [9.17, 15) is 18.5 Å². The smallest absolute Gasteiger partial charge is 0.295 e. The van der Waals surface area contributed by atoms with Crippen molar-refractivity contribution in [3.63, 3.8) is 0 Å². The number of hydrazone groups is 1. The Kier molecular flexibility index (Phi) is 6.56. The van der Waals surface area contributed by atoms with Crippen LogP contribution in [0, 0.1) is 16.0 Å². The molecule has 0 aromatic heterocycles. The number of hydrogen-bond donors (Lipinski definition) is 2. The number of nitro benzene ring substituents is 1. The molecule has 1 unspecified atom stereocenters. The van der Waals surface area contributed by atoms with Crippen molar-refractivity contribution in [1.82, 2.24) is 0 Å². The third-order valence-corrected chi connectivity index (χ3v) is 6.41. The van der Waals surface area contributed by atoms with Crippen LogP contribution >= 0.6 is 0 Å². The van der Waals surface area contributed by atoms with Crippen molar-refractivity contribution in [2.45, 2.75) is 37.5 Å². The lowest BCUT2D eigenvalue weighted by Crippen LogP contribution is -2.17. The lowest BCUT2D eigenvalue weighted by atomic mass is 9.89. The Morgan fingerprint density at radius 3 is 2.53 bits per heavy atom. The van der Waals surface area contributed by atoms with E-state index in [2.05, 4.69) is 22.2 Å². The van der Waals surface area contributed by atoms with E-state index in [0.717, 1.165) is 37.5 Å². The number of anilines is 2. The molecule has 1 aliphatic carbocycles. The number of rotatable bonds is 7. The van der Waals surface area contributed by atoms with Crippen molar-refractivity contribution in [2.24, 2.45) is 11.0 Å². The first-order chi connectivity index (χ1) is 14.3. The summed E-state index contributed by atoms with van der Waals surface area (Å²) in [5.74, 6) is 0.900. The van der Waals surface area contributed by atoms with Crippen LogP contribution in [0.4, 0.5) is 17.1 Å². The monoisotopic (exact) mass is 432 g/mol. The maximum Gasteiger partial charge on any atom is 0.295 e. The van der Waals surface area contributed by atoms with E-state index >= 15 is 0 Å².